The highest BCUT2D eigenvalue weighted by Crippen LogP contribution is 2.12. The Morgan fingerprint density at radius 2 is 1.70 bits per heavy atom. The average Bonchev–Trinajstić information content (AvgIpc) is 2.70. The molecule has 0 radical (unpaired) electrons. The van der Waals surface area contributed by atoms with Crippen molar-refractivity contribution in [1.29, 1.82) is 0 Å². The van der Waals surface area contributed by atoms with Crippen molar-refractivity contribution in [3.8, 4) is 5.75 Å². The fourth-order valence-electron chi connectivity index (χ4n) is 2.70. The number of hydrogen-bond acceptors (Lipinski definition) is 4. The Balaban J connectivity index is 1.98. The van der Waals surface area contributed by atoms with E-state index in [0.717, 1.165) is 11.1 Å². The molecule has 2 rings (SSSR count). The number of ether oxygens (including phenoxy) is 2. The van der Waals surface area contributed by atoms with E-state index < -0.39 is 5.92 Å². The summed E-state index contributed by atoms with van der Waals surface area (Å²) in [6, 6.07) is 17.5. The molecule has 0 fully saturated rings. The lowest BCUT2D eigenvalue weighted by atomic mass is 10.1. The van der Waals surface area contributed by atoms with Gasteiger partial charge in [-0.05, 0) is 31.0 Å². The van der Waals surface area contributed by atoms with Crippen molar-refractivity contribution >= 4 is 11.9 Å². The number of nitrogens with zero attached hydrogens (tertiary/aromatic N) is 1. The molecule has 5 nitrogen and oxygen atoms in total. The summed E-state index contributed by atoms with van der Waals surface area (Å²) in [5, 5.41) is 0. The number of esters is 1. The van der Waals surface area contributed by atoms with E-state index in [1.54, 1.807) is 11.8 Å². The molecule has 0 aromatic heterocycles. The smallest absolute Gasteiger partial charge is 0.310 e. The summed E-state index contributed by atoms with van der Waals surface area (Å²) in [6.45, 7) is 4.51. The lowest BCUT2D eigenvalue weighted by Crippen LogP contribution is -2.41. The van der Waals surface area contributed by atoms with Gasteiger partial charge >= 0.3 is 5.97 Å². The normalized spacial score (nSPS) is 11.5. The molecule has 2 aromatic carbocycles. The molecule has 0 aliphatic carbocycles. The molecule has 0 aliphatic rings. The van der Waals surface area contributed by atoms with Crippen LogP contribution in [0.4, 0.5) is 0 Å². The molecule has 1 unspecified atom stereocenters. The summed E-state index contributed by atoms with van der Waals surface area (Å²) in [4.78, 5) is 26.1. The van der Waals surface area contributed by atoms with Crippen LogP contribution >= 0.6 is 0 Å². The number of methoxy groups -OCH3 is 1. The number of amides is 1. The maximum Gasteiger partial charge on any atom is 0.310 e. The van der Waals surface area contributed by atoms with Crippen LogP contribution in [0.5, 0.6) is 5.75 Å². The Kier molecular flexibility index (Phi) is 7.86. The number of hydrogen-bond donors (Lipinski definition) is 0. The lowest BCUT2D eigenvalue weighted by Gasteiger charge is -2.25. The van der Waals surface area contributed by atoms with E-state index in [1.165, 1.54) is 7.11 Å². The zero-order valence-corrected chi connectivity index (χ0v) is 16.2. The second-order valence-electron chi connectivity index (χ2n) is 6.60. The first-order valence-electron chi connectivity index (χ1n) is 9.08. The zero-order chi connectivity index (χ0) is 19.6. The largest absolute Gasteiger partial charge is 0.484 e. The molecular formula is C22H27NO4. The quantitative estimate of drug-likeness (QED) is 0.637. The Bertz CT molecular complexity index is 728. The third-order valence-electron chi connectivity index (χ3n) is 4.35. The molecule has 0 spiro atoms. The van der Waals surface area contributed by atoms with Crippen LogP contribution in [0.15, 0.2) is 54.6 Å². The van der Waals surface area contributed by atoms with Crippen molar-refractivity contribution in [2.24, 2.45) is 5.92 Å². The van der Waals surface area contributed by atoms with Gasteiger partial charge in [-0.3, -0.25) is 9.59 Å². The van der Waals surface area contributed by atoms with Gasteiger partial charge in [-0.25, -0.2) is 0 Å². The van der Waals surface area contributed by atoms with Crippen LogP contribution in [-0.4, -0.2) is 43.6 Å². The zero-order valence-electron chi connectivity index (χ0n) is 16.2. The van der Waals surface area contributed by atoms with E-state index in [4.69, 9.17) is 9.47 Å². The average molecular weight is 369 g/mol. The van der Waals surface area contributed by atoms with Gasteiger partial charge in [0.05, 0.1) is 13.0 Å². The van der Waals surface area contributed by atoms with Gasteiger partial charge in [0.2, 0.25) is 0 Å². The van der Waals surface area contributed by atoms with Crippen LogP contribution in [0.25, 0.3) is 0 Å². The van der Waals surface area contributed by atoms with E-state index in [1.807, 2.05) is 61.5 Å². The second kappa shape index (κ2) is 10.4. The number of rotatable bonds is 9. The first-order chi connectivity index (χ1) is 13.0. The van der Waals surface area contributed by atoms with Crippen molar-refractivity contribution in [3.63, 3.8) is 0 Å². The molecule has 1 atom stereocenters. The molecule has 0 heterocycles. The summed E-state index contributed by atoms with van der Waals surface area (Å²) in [7, 11) is 1.36. The number of benzene rings is 2. The predicted octanol–water partition coefficient (Wildman–Crippen LogP) is 3.25. The van der Waals surface area contributed by atoms with Gasteiger partial charge in [-0.15, -0.1) is 0 Å². The topological polar surface area (TPSA) is 55.8 Å². The molecule has 0 saturated heterocycles. The molecule has 5 heteroatoms. The summed E-state index contributed by atoms with van der Waals surface area (Å²) in [5.41, 5.74) is 2.27. The van der Waals surface area contributed by atoms with Crippen LogP contribution in [-0.2, 0) is 20.7 Å². The molecule has 0 saturated carbocycles. The maximum atomic E-state index is 12.7. The number of carbonyl (C=O) groups excluding carboxylic acids is 2. The van der Waals surface area contributed by atoms with Gasteiger partial charge in [0.25, 0.3) is 5.91 Å². The van der Waals surface area contributed by atoms with Crippen LogP contribution in [0.2, 0.25) is 0 Å². The molecule has 0 N–H and O–H groups in total. The van der Waals surface area contributed by atoms with Crippen molar-refractivity contribution < 1.29 is 19.1 Å². The highest BCUT2D eigenvalue weighted by molar-refractivity contribution is 5.79. The summed E-state index contributed by atoms with van der Waals surface area (Å²) in [6.07, 6.45) is 0.713. The molecule has 1 amide bonds. The highest BCUT2D eigenvalue weighted by atomic mass is 16.5. The minimum absolute atomic E-state index is 0.0637. The molecule has 27 heavy (non-hydrogen) atoms. The van der Waals surface area contributed by atoms with Gasteiger partial charge in [0.1, 0.15) is 5.75 Å². The van der Waals surface area contributed by atoms with Crippen molar-refractivity contribution in [3.05, 3.63) is 65.7 Å². The predicted molar refractivity (Wildman–Crippen MR) is 105 cm³/mol. The Hall–Kier alpha value is -2.82. The molecule has 0 aliphatic heterocycles. The van der Waals surface area contributed by atoms with E-state index in [-0.39, 0.29) is 18.5 Å². The van der Waals surface area contributed by atoms with Crippen LogP contribution in [0.3, 0.4) is 0 Å². The summed E-state index contributed by atoms with van der Waals surface area (Å²) < 4.78 is 10.4. The third kappa shape index (κ3) is 6.77. The van der Waals surface area contributed by atoms with E-state index in [2.05, 4.69) is 0 Å². The lowest BCUT2D eigenvalue weighted by molar-refractivity contribution is -0.146. The van der Waals surface area contributed by atoms with Crippen molar-refractivity contribution in [1.82, 2.24) is 4.90 Å². The minimum atomic E-state index is -0.394. The number of carbonyl (C=O) groups is 2. The van der Waals surface area contributed by atoms with E-state index in [0.29, 0.717) is 25.3 Å². The maximum absolute atomic E-state index is 12.7. The standard InChI is InChI=1S/C22H27NO4/c1-17-9-11-20(12-10-17)27-16-21(24)23(15-18(2)22(25)26-3)14-13-19-7-5-4-6-8-19/h4-12,18H,13-16H2,1-3H3. The van der Waals surface area contributed by atoms with Crippen LogP contribution in [0.1, 0.15) is 18.1 Å². The number of aryl methyl sites for hydroxylation is 1. The van der Waals surface area contributed by atoms with Gasteiger partial charge in [0, 0.05) is 13.1 Å². The fourth-order valence-corrected chi connectivity index (χ4v) is 2.70. The third-order valence-corrected chi connectivity index (χ3v) is 4.35. The Labute approximate surface area is 160 Å². The van der Waals surface area contributed by atoms with E-state index in [9.17, 15) is 9.59 Å². The first-order valence-corrected chi connectivity index (χ1v) is 9.08. The van der Waals surface area contributed by atoms with Crippen molar-refractivity contribution in [2.45, 2.75) is 20.3 Å². The first kappa shape index (κ1) is 20.5. The highest BCUT2D eigenvalue weighted by Gasteiger charge is 2.21. The SMILES string of the molecule is COC(=O)C(C)CN(CCc1ccccc1)C(=O)COc1ccc(C)cc1. The van der Waals surface area contributed by atoms with Crippen LogP contribution < -0.4 is 4.74 Å². The molecular weight excluding hydrogens is 342 g/mol. The summed E-state index contributed by atoms with van der Waals surface area (Å²) in [5.74, 6) is -0.221. The molecule has 0 bridgehead atoms. The van der Waals surface area contributed by atoms with Gasteiger partial charge in [-0.1, -0.05) is 55.0 Å². The van der Waals surface area contributed by atoms with Gasteiger partial charge < -0.3 is 14.4 Å². The summed E-state index contributed by atoms with van der Waals surface area (Å²) >= 11 is 0. The monoisotopic (exact) mass is 369 g/mol. The van der Waals surface area contributed by atoms with Crippen LogP contribution in [0, 0.1) is 12.8 Å². The Morgan fingerprint density at radius 3 is 2.33 bits per heavy atom. The molecule has 144 valence electrons. The molecule has 2 aromatic rings. The Morgan fingerprint density at radius 1 is 1.04 bits per heavy atom. The van der Waals surface area contributed by atoms with E-state index >= 15 is 0 Å². The minimum Gasteiger partial charge on any atom is -0.484 e. The van der Waals surface area contributed by atoms with Crippen molar-refractivity contribution in [2.75, 3.05) is 26.8 Å². The fraction of sp³-hybridized carbons (Fsp3) is 0.364. The van der Waals surface area contributed by atoms with Gasteiger partial charge in [-0.2, -0.15) is 0 Å². The van der Waals surface area contributed by atoms with Gasteiger partial charge in [0.15, 0.2) is 6.61 Å². The second-order valence-corrected chi connectivity index (χ2v) is 6.60.